The van der Waals surface area contributed by atoms with Crippen molar-refractivity contribution in [1.82, 2.24) is 10.3 Å². The average Bonchev–Trinajstić information content (AvgIpc) is 2.64. The summed E-state index contributed by atoms with van der Waals surface area (Å²) in [6.45, 7) is 3.18. The van der Waals surface area contributed by atoms with E-state index in [4.69, 9.17) is 9.52 Å². The number of carbonyl (C=O) groups is 1. The molecular weight excluding hydrogens is 196 g/mol. The third kappa shape index (κ3) is 1.87. The highest BCUT2D eigenvalue weighted by Gasteiger charge is 2.34. The first-order chi connectivity index (χ1) is 7.20. The van der Waals surface area contributed by atoms with Gasteiger partial charge in [-0.15, -0.1) is 0 Å². The molecule has 2 atom stereocenters. The second kappa shape index (κ2) is 4.02. The molecule has 1 aromatic heterocycles. The van der Waals surface area contributed by atoms with Crippen molar-refractivity contribution in [2.24, 2.45) is 5.92 Å². The molecule has 1 aliphatic heterocycles. The predicted octanol–water partition coefficient (Wildman–Crippen LogP) is 0.761. The van der Waals surface area contributed by atoms with Crippen LogP contribution in [0.2, 0.25) is 0 Å². The summed E-state index contributed by atoms with van der Waals surface area (Å²) < 4.78 is 5.28. The Bertz CT molecular complexity index is 361. The lowest BCUT2D eigenvalue weighted by Crippen LogP contribution is -2.39. The van der Waals surface area contributed by atoms with Crippen molar-refractivity contribution in [3.05, 3.63) is 17.8 Å². The van der Waals surface area contributed by atoms with Gasteiger partial charge >= 0.3 is 5.97 Å². The van der Waals surface area contributed by atoms with Crippen LogP contribution in [0.1, 0.15) is 23.8 Å². The summed E-state index contributed by atoms with van der Waals surface area (Å²) in [5.74, 6) is -0.511. The molecule has 2 unspecified atom stereocenters. The number of hydrogen-bond acceptors (Lipinski definition) is 4. The number of aliphatic carboxylic acids is 1. The summed E-state index contributed by atoms with van der Waals surface area (Å²) in [6.07, 6.45) is 2.17. The van der Waals surface area contributed by atoms with Gasteiger partial charge in [-0.05, 0) is 19.9 Å². The van der Waals surface area contributed by atoms with Crippen LogP contribution in [-0.4, -0.2) is 29.1 Å². The average molecular weight is 210 g/mol. The summed E-state index contributed by atoms with van der Waals surface area (Å²) in [5, 5.41) is 12.2. The van der Waals surface area contributed by atoms with Gasteiger partial charge in [0.1, 0.15) is 5.76 Å². The summed E-state index contributed by atoms with van der Waals surface area (Å²) >= 11 is 0. The van der Waals surface area contributed by atoms with E-state index in [-0.39, 0.29) is 5.92 Å². The Hall–Kier alpha value is -1.36. The summed E-state index contributed by atoms with van der Waals surface area (Å²) in [4.78, 5) is 15.1. The Balaban J connectivity index is 2.25. The number of nitrogens with zero attached hydrogens (tertiary/aromatic N) is 1. The highest BCUT2D eigenvalue weighted by Crippen LogP contribution is 2.32. The molecule has 2 rings (SSSR count). The number of piperidine rings is 1. The summed E-state index contributed by atoms with van der Waals surface area (Å²) in [6, 6.07) is 0. The minimum atomic E-state index is -0.775. The lowest BCUT2D eigenvalue weighted by molar-refractivity contribution is -0.143. The largest absolute Gasteiger partial charge is 0.481 e. The van der Waals surface area contributed by atoms with Gasteiger partial charge in [-0.25, -0.2) is 4.98 Å². The number of nitrogens with one attached hydrogen (secondary N) is 1. The van der Waals surface area contributed by atoms with E-state index in [0.717, 1.165) is 24.4 Å². The van der Waals surface area contributed by atoms with Crippen LogP contribution in [-0.2, 0) is 4.79 Å². The van der Waals surface area contributed by atoms with Crippen LogP contribution in [0.4, 0.5) is 0 Å². The molecule has 1 aromatic rings. The first-order valence-electron chi connectivity index (χ1n) is 5.03. The van der Waals surface area contributed by atoms with E-state index in [1.165, 1.54) is 6.39 Å². The molecule has 15 heavy (non-hydrogen) atoms. The molecule has 1 aliphatic rings. The van der Waals surface area contributed by atoms with Gasteiger partial charge in [0.25, 0.3) is 0 Å². The fraction of sp³-hybridized carbons (Fsp3) is 0.600. The minimum absolute atomic E-state index is 0.0498. The van der Waals surface area contributed by atoms with Gasteiger partial charge in [0.2, 0.25) is 0 Å². The Morgan fingerprint density at radius 1 is 1.73 bits per heavy atom. The minimum Gasteiger partial charge on any atom is -0.481 e. The maximum Gasteiger partial charge on any atom is 0.308 e. The zero-order chi connectivity index (χ0) is 10.8. The second-order valence-electron chi connectivity index (χ2n) is 3.85. The van der Waals surface area contributed by atoms with Crippen LogP contribution in [0.25, 0.3) is 0 Å². The van der Waals surface area contributed by atoms with E-state index >= 15 is 0 Å². The SMILES string of the molecule is Cc1ncoc1C1CCNCC1C(=O)O. The maximum atomic E-state index is 11.1. The van der Waals surface area contributed by atoms with Gasteiger partial charge in [0.15, 0.2) is 6.39 Å². The van der Waals surface area contributed by atoms with Crippen LogP contribution in [0.5, 0.6) is 0 Å². The molecule has 0 bridgehead atoms. The van der Waals surface area contributed by atoms with Crippen molar-refractivity contribution >= 4 is 5.97 Å². The van der Waals surface area contributed by atoms with E-state index in [2.05, 4.69) is 10.3 Å². The second-order valence-corrected chi connectivity index (χ2v) is 3.85. The molecule has 2 N–H and O–H groups in total. The van der Waals surface area contributed by atoms with Crippen LogP contribution < -0.4 is 5.32 Å². The Labute approximate surface area is 87.5 Å². The Morgan fingerprint density at radius 3 is 3.13 bits per heavy atom. The molecule has 1 fully saturated rings. The Kier molecular flexibility index (Phi) is 2.73. The first-order valence-corrected chi connectivity index (χ1v) is 5.03. The number of aryl methyl sites for hydroxylation is 1. The van der Waals surface area contributed by atoms with Gasteiger partial charge < -0.3 is 14.8 Å². The monoisotopic (exact) mass is 210 g/mol. The van der Waals surface area contributed by atoms with Crippen molar-refractivity contribution in [2.45, 2.75) is 19.3 Å². The molecule has 0 amide bonds. The van der Waals surface area contributed by atoms with Gasteiger partial charge in [-0.2, -0.15) is 0 Å². The summed E-state index contributed by atoms with van der Waals surface area (Å²) in [5.41, 5.74) is 0.799. The fourth-order valence-electron chi connectivity index (χ4n) is 2.10. The lowest BCUT2D eigenvalue weighted by Gasteiger charge is -2.27. The normalized spacial score (nSPS) is 26.5. The van der Waals surface area contributed by atoms with Crippen LogP contribution in [0, 0.1) is 12.8 Å². The van der Waals surface area contributed by atoms with E-state index in [1.807, 2.05) is 6.92 Å². The van der Waals surface area contributed by atoms with Gasteiger partial charge in [0.05, 0.1) is 11.6 Å². The van der Waals surface area contributed by atoms with E-state index < -0.39 is 11.9 Å². The topological polar surface area (TPSA) is 75.4 Å². The molecule has 0 aliphatic carbocycles. The number of hydrogen-bond donors (Lipinski definition) is 2. The highest BCUT2D eigenvalue weighted by molar-refractivity contribution is 5.71. The maximum absolute atomic E-state index is 11.1. The summed E-state index contributed by atoms with van der Waals surface area (Å²) in [7, 11) is 0. The Morgan fingerprint density at radius 2 is 2.53 bits per heavy atom. The zero-order valence-electron chi connectivity index (χ0n) is 8.56. The molecule has 0 spiro atoms. The van der Waals surface area contributed by atoms with E-state index in [0.29, 0.717) is 6.54 Å². The third-order valence-electron chi connectivity index (χ3n) is 2.92. The molecule has 0 radical (unpaired) electrons. The number of carboxylic acid groups (broad SMARTS) is 1. The van der Waals surface area contributed by atoms with Crippen molar-refractivity contribution in [2.75, 3.05) is 13.1 Å². The lowest BCUT2D eigenvalue weighted by atomic mass is 9.84. The van der Waals surface area contributed by atoms with Crippen molar-refractivity contribution < 1.29 is 14.3 Å². The molecule has 5 heteroatoms. The van der Waals surface area contributed by atoms with Crippen LogP contribution in [0.3, 0.4) is 0 Å². The number of carboxylic acids is 1. The van der Waals surface area contributed by atoms with Crippen LogP contribution >= 0.6 is 0 Å². The molecular formula is C10H14N2O3. The molecule has 0 aromatic carbocycles. The molecule has 82 valence electrons. The number of aromatic nitrogens is 1. The highest BCUT2D eigenvalue weighted by atomic mass is 16.4. The van der Waals surface area contributed by atoms with Crippen molar-refractivity contribution in [3.8, 4) is 0 Å². The van der Waals surface area contributed by atoms with Crippen molar-refractivity contribution in [3.63, 3.8) is 0 Å². The van der Waals surface area contributed by atoms with Crippen LogP contribution in [0.15, 0.2) is 10.8 Å². The number of rotatable bonds is 2. The predicted molar refractivity (Wildman–Crippen MR) is 52.6 cm³/mol. The standard InChI is InChI=1S/C10H14N2O3/c1-6-9(15-5-12-6)7-2-3-11-4-8(7)10(13)14/h5,7-8,11H,2-4H2,1H3,(H,13,14). The third-order valence-corrected chi connectivity index (χ3v) is 2.92. The van der Waals surface area contributed by atoms with Gasteiger partial charge in [0, 0.05) is 12.5 Å². The van der Waals surface area contributed by atoms with Gasteiger partial charge in [-0.3, -0.25) is 4.79 Å². The molecule has 1 saturated heterocycles. The van der Waals surface area contributed by atoms with E-state index in [1.54, 1.807) is 0 Å². The molecule has 2 heterocycles. The quantitative estimate of drug-likeness (QED) is 0.753. The zero-order valence-corrected chi connectivity index (χ0v) is 8.56. The molecule has 5 nitrogen and oxygen atoms in total. The van der Waals surface area contributed by atoms with Crippen molar-refractivity contribution in [1.29, 1.82) is 0 Å². The fourth-order valence-corrected chi connectivity index (χ4v) is 2.10. The smallest absolute Gasteiger partial charge is 0.308 e. The van der Waals surface area contributed by atoms with E-state index in [9.17, 15) is 4.79 Å². The first kappa shape index (κ1) is 10.2. The van der Waals surface area contributed by atoms with Gasteiger partial charge in [-0.1, -0.05) is 0 Å². The number of oxazole rings is 1. The molecule has 0 saturated carbocycles.